The van der Waals surface area contributed by atoms with Crippen LogP contribution in [0.15, 0.2) is 29.4 Å². The second-order valence-electron chi connectivity index (χ2n) is 5.67. The first-order valence-corrected chi connectivity index (χ1v) is 8.66. The van der Waals surface area contributed by atoms with Gasteiger partial charge in [0.1, 0.15) is 5.82 Å². The molecule has 1 aliphatic heterocycles. The lowest BCUT2D eigenvalue weighted by atomic mass is 10.0. The SMILES string of the molecule is CCOC(=O)C1=NOC(C)(c2ccc(F)cc2)N1CC(OCC)OCC. The summed E-state index contributed by atoms with van der Waals surface area (Å²) in [6.07, 6.45) is -0.592. The van der Waals surface area contributed by atoms with Gasteiger partial charge in [-0.1, -0.05) is 17.3 Å². The predicted molar refractivity (Wildman–Crippen MR) is 92.7 cm³/mol. The molecule has 144 valence electrons. The van der Waals surface area contributed by atoms with Gasteiger partial charge in [-0.25, -0.2) is 9.18 Å². The summed E-state index contributed by atoms with van der Waals surface area (Å²) in [7, 11) is 0. The zero-order valence-electron chi connectivity index (χ0n) is 15.5. The fourth-order valence-electron chi connectivity index (χ4n) is 2.68. The van der Waals surface area contributed by atoms with E-state index in [2.05, 4.69) is 5.16 Å². The van der Waals surface area contributed by atoms with Crippen molar-refractivity contribution in [2.75, 3.05) is 26.4 Å². The molecule has 0 aliphatic carbocycles. The van der Waals surface area contributed by atoms with Crippen LogP contribution in [0, 0.1) is 5.82 Å². The van der Waals surface area contributed by atoms with E-state index in [1.54, 1.807) is 30.9 Å². The van der Waals surface area contributed by atoms with Gasteiger partial charge in [-0.3, -0.25) is 4.90 Å². The van der Waals surface area contributed by atoms with E-state index in [1.807, 2.05) is 13.8 Å². The van der Waals surface area contributed by atoms with Gasteiger partial charge in [0.25, 0.3) is 5.84 Å². The molecule has 2 rings (SSSR count). The Morgan fingerprint density at radius 3 is 2.35 bits per heavy atom. The normalized spacial score (nSPS) is 19.5. The Labute approximate surface area is 152 Å². The highest BCUT2D eigenvalue weighted by Crippen LogP contribution is 2.35. The first-order chi connectivity index (χ1) is 12.5. The zero-order chi connectivity index (χ0) is 19.2. The van der Waals surface area contributed by atoms with E-state index in [-0.39, 0.29) is 24.8 Å². The Balaban J connectivity index is 2.34. The maximum absolute atomic E-state index is 13.3. The number of oxime groups is 1. The van der Waals surface area contributed by atoms with E-state index in [4.69, 9.17) is 19.0 Å². The summed E-state index contributed by atoms with van der Waals surface area (Å²) in [5.41, 5.74) is -0.490. The van der Waals surface area contributed by atoms with Gasteiger partial charge in [0.2, 0.25) is 5.72 Å². The van der Waals surface area contributed by atoms with Gasteiger partial charge in [-0.05, 0) is 32.9 Å². The molecule has 1 heterocycles. The lowest BCUT2D eigenvalue weighted by molar-refractivity contribution is -0.171. The fourth-order valence-corrected chi connectivity index (χ4v) is 2.68. The Kier molecular flexibility index (Phi) is 6.93. The number of halogens is 1. The predicted octanol–water partition coefficient (Wildman–Crippen LogP) is 2.61. The van der Waals surface area contributed by atoms with Crippen LogP contribution in [0.25, 0.3) is 0 Å². The Morgan fingerprint density at radius 2 is 1.81 bits per heavy atom. The molecule has 1 aromatic carbocycles. The number of hydrogen-bond donors (Lipinski definition) is 0. The highest BCUT2D eigenvalue weighted by Gasteiger charge is 2.47. The molecule has 7 nitrogen and oxygen atoms in total. The molecule has 0 aromatic heterocycles. The summed E-state index contributed by atoms with van der Waals surface area (Å²) in [6, 6.07) is 5.82. The molecule has 0 N–H and O–H groups in total. The van der Waals surface area contributed by atoms with Crippen molar-refractivity contribution in [1.29, 1.82) is 0 Å². The molecular weight excluding hydrogens is 343 g/mol. The first-order valence-electron chi connectivity index (χ1n) is 8.66. The number of carbonyl (C=O) groups is 1. The third-order valence-electron chi connectivity index (χ3n) is 3.96. The van der Waals surface area contributed by atoms with Crippen LogP contribution in [0.4, 0.5) is 4.39 Å². The fraction of sp³-hybridized carbons (Fsp3) is 0.556. The molecule has 0 fully saturated rings. The molecule has 0 saturated carbocycles. The Bertz CT molecular complexity index is 631. The molecule has 1 aromatic rings. The van der Waals surface area contributed by atoms with E-state index in [9.17, 15) is 9.18 Å². The third kappa shape index (κ3) is 4.31. The molecule has 0 amide bonds. The summed E-state index contributed by atoms with van der Waals surface area (Å²) in [5.74, 6) is -0.955. The molecule has 0 radical (unpaired) electrons. The minimum Gasteiger partial charge on any atom is -0.460 e. The maximum atomic E-state index is 13.3. The van der Waals surface area contributed by atoms with Crippen LogP contribution in [0.5, 0.6) is 0 Å². The number of benzene rings is 1. The van der Waals surface area contributed by atoms with Crippen LogP contribution in [0.1, 0.15) is 33.3 Å². The molecule has 1 atom stereocenters. The lowest BCUT2D eigenvalue weighted by Crippen LogP contribution is -2.50. The zero-order valence-corrected chi connectivity index (χ0v) is 15.5. The van der Waals surface area contributed by atoms with Gasteiger partial charge >= 0.3 is 5.97 Å². The van der Waals surface area contributed by atoms with Gasteiger partial charge in [0.05, 0.1) is 13.2 Å². The number of rotatable bonds is 9. The van der Waals surface area contributed by atoms with E-state index in [0.717, 1.165) is 0 Å². The van der Waals surface area contributed by atoms with Crippen molar-refractivity contribution in [3.8, 4) is 0 Å². The summed E-state index contributed by atoms with van der Waals surface area (Å²) in [6.45, 7) is 8.44. The Hall–Kier alpha value is -2.19. The summed E-state index contributed by atoms with van der Waals surface area (Å²) < 4.78 is 29.6. The van der Waals surface area contributed by atoms with E-state index >= 15 is 0 Å². The Morgan fingerprint density at radius 1 is 1.19 bits per heavy atom. The van der Waals surface area contributed by atoms with E-state index in [0.29, 0.717) is 18.8 Å². The number of esters is 1. The molecule has 26 heavy (non-hydrogen) atoms. The summed E-state index contributed by atoms with van der Waals surface area (Å²) >= 11 is 0. The molecule has 8 heteroatoms. The number of nitrogens with zero attached hydrogens (tertiary/aromatic N) is 2. The molecule has 1 unspecified atom stereocenters. The quantitative estimate of drug-likeness (QED) is 0.493. The molecular formula is C18H25FN2O5. The van der Waals surface area contributed by atoms with Crippen LogP contribution in [0.2, 0.25) is 0 Å². The lowest BCUT2D eigenvalue weighted by Gasteiger charge is -2.36. The second kappa shape index (κ2) is 8.95. The van der Waals surface area contributed by atoms with Crippen LogP contribution in [0.3, 0.4) is 0 Å². The van der Waals surface area contributed by atoms with Crippen molar-refractivity contribution < 1.29 is 28.2 Å². The van der Waals surface area contributed by atoms with Gasteiger partial charge in [-0.15, -0.1) is 0 Å². The van der Waals surface area contributed by atoms with Crippen molar-refractivity contribution in [3.05, 3.63) is 35.6 Å². The summed E-state index contributed by atoms with van der Waals surface area (Å²) in [5, 5.41) is 3.92. The largest absolute Gasteiger partial charge is 0.460 e. The second-order valence-corrected chi connectivity index (χ2v) is 5.67. The van der Waals surface area contributed by atoms with Crippen molar-refractivity contribution in [2.45, 2.75) is 39.7 Å². The number of hydrogen-bond acceptors (Lipinski definition) is 7. The number of carbonyl (C=O) groups excluding carboxylic acids is 1. The van der Waals surface area contributed by atoms with Crippen LogP contribution >= 0.6 is 0 Å². The van der Waals surface area contributed by atoms with E-state index in [1.165, 1.54) is 12.1 Å². The minimum absolute atomic E-state index is 0.0167. The topological polar surface area (TPSA) is 69.6 Å². The van der Waals surface area contributed by atoms with Crippen LogP contribution < -0.4 is 0 Å². The minimum atomic E-state index is -1.12. The van der Waals surface area contributed by atoms with Gasteiger partial charge in [-0.2, -0.15) is 0 Å². The average Bonchev–Trinajstić information content (AvgIpc) is 2.94. The van der Waals surface area contributed by atoms with Crippen LogP contribution in [-0.4, -0.2) is 49.4 Å². The molecule has 0 bridgehead atoms. The highest BCUT2D eigenvalue weighted by molar-refractivity contribution is 6.35. The number of ether oxygens (including phenoxy) is 3. The first kappa shape index (κ1) is 20.1. The third-order valence-corrected chi connectivity index (χ3v) is 3.96. The monoisotopic (exact) mass is 368 g/mol. The molecule has 1 aliphatic rings. The van der Waals surface area contributed by atoms with Crippen molar-refractivity contribution in [3.63, 3.8) is 0 Å². The van der Waals surface area contributed by atoms with Gasteiger partial charge < -0.3 is 19.0 Å². The van der Waals surface area contributed by atoms with E-state index < -0.39 is 18.0 Å². The molecule has 0 spiro atoms. The highest BCUT2D eigenvalue weighted by atomic mass is 19.1. The number of amidine groups is 1. The average molecular weight is 368 g/mol. The van der Waals surface area contributed by atoms with Crippen molar-refractivity contribution in [2.24, 2.45) is 5.16 Å². The van der Waals surface area contributed by atoms with Crippen molar-refractivity contribution in [1.82, 2.24) is 4.90 Å². The standard InChI is InChI=1S/C18H25FN2O5/c1-5-23-15(24-6-2)12-21-16(17(22)25-7-3)20-26-18(21,4)13-8-10-14(19)11-9-13/h8-11,15H,5-7,12H2,1-4H3. The summed E-state index contributed by atoms with van der Waals surface area (Å²) in [4.78, 5) is 19.5. The van der Waals surface area contributed by atoms with Crippen LogP contribution in [-0.2, 0) is 29.6 Å². The smallest absolute Gasteiger partial charge is 0.377 e. The van der Waals surface area contributed by atoms with Gasteiger partial charge in [0.15, 0.2) is 6.29 Å². The van der Waals surface area contributed by atoms with Crippen molar-refractivity contribution >= 4 is 11.8 Å². The maximum Gasteiger partial charge on any atom is 0.377 e. The van der Waals surface area contributed by atoms with Gasteiger partial charge in [0, 0.05) is 25.7 Å². The molecule has 0 saturated heterocycles.